The number of ether oxygens (including phenoxy) is 1. The molecular weight excluding hydrogens is 242 g/mol. The van der Waals surface area contributed by atoms with Crippen molar-refractivity contribution in [2.24, 2.45) is 5.92 Å². The second kappa shape index (κ2) is 5.48. The van der Waals surface area contributed by atoms with Crippen LogP contribution >= 0.6 is 0 Å². The summed E-state index contributed by atoms with van der Waals surface area (Å²) >= 11 is 0. The fourth-order valence-electron chi connectivity index (χ4n) is 2.80. The van der Waals surface area contributed by atoms with Gasteiger partial charge in [-0.2, -0.15) is 0 Å². The van der Waals surface area contributed by atoms with Crippen molar-refractivity contribution in [1.29, 1.82) is 0 Å². The van der Waals surface area contributed by atoms with Crippen molar-refractivity contribution in [3.05, 3.63) is 0 Å². The number of likely N-dealkylation sites (tertiary alicyclic amines) is 1. The summed E-state index contributed by atoms with van der Waals surface area (Å²) in [5, 5.41) is 3.29. The van der Waals surface area contributed by atoms with E-state index in [1.165, 1.54) is 7.11 Å². The van der Waals surface area contributed by atoms with Gasteiger partial charge >= 0.3 is 5.97 Å². The summed E-state index contributed by atoms with van der Waals surface area (Å²) in [5.74, 6) is -2.83. The Balaban J connectivity index is 1.81. The molecule has 6 heteroatoms. The van der Waals surface area contributed by atoms with E-state index in [4.69, 9.17) is 4.74 Å². The van der Waals surface area contributed by atoms with Crippen LogP contribution < -0.4 is 5.32 Å². The van der Waals surface area contributed by atoms with E-state index >= 15 is 0 Å². The number of methoxy groups -OCH3 is 1. The van der Waals surface area contributed by atoms with E-state index in [0.717, 1.165) is 13.0 Å². The molecule has 0 spiro atoms. The molecule has 0 bridgehead atoms. The van der Waals surface area contributed by atoms with Crippen molar-refractivity contribution >= 4 is 5.97 Å². The maximum absolute atomic E-state index is 13.1. The molecule has 2 aliphatic heterocycles. The Morgan fingerprint density at radius 1 is 1.56 bits per heavy atom. The molecule has 1 N–H and O–H groups in total. The lowest BCUT2D eigenvalue weighted by Crippen LogP contribution is -2.47. The molecule has 0 saturated carbocycles. The molecule has 2 fully saturated rings. The van der Waals surface area contributed by atoms with Gasteiger partial charge in [-0.25, -0.2) is 8.78 Å². The van der Waals surface area contributed by atoms with Gasteiger partial charge in [0.1, 0.15) is 0 Å². The molecule has 0 unspecified atom stereocenters. The summed E-state index contributed by atoms with van der Waals surface area (Å²) < 4.78 is 30.9. The largest absolute Gasteiger partial charge is 0.469 e. The summed E-state index contributed by atoms with van der Waals surface area (Å²) in [6, 6.07) is 0.108. The minimum atomic E-state index is -2.55. The first kappa shape index (κ1) is 13.7. The fourth-order valence-corrected chi connectivity index (χ4v) is 2.80. The Morgan fingerprint density at radius 3 is 2.94 bits per heavy atom. The highest BCUT2D eigenvalue weighted by molar-refractivity contribution is 5.72. The van der Waals surface area contributed by atoms with E-state index < -0.39 is 5.92 Å². The maximum Gasteiger partial charge on any atom is 0.308 e. The van der Waals surface area contributed by atoms with Crippen molar-refractivity contribution in [2.75, 3.05) is 33.3 Å². The van der Waals surface area contributed by atoms with Gasteiger partial charge in [0.2, 0.25) is 0 Å². The molecule has 2 aliphatic rings. The quantitative estimate of drug-likeness (QED) is 0.766. The SMILES string of the molecule is COC(=O)[C@@H]1CCN[C@@H](CN2CCC(F)(F)C2)C1. The van der Waals surface area contributed by atoms with Crippen LogP contribution in [0.15, 0.2) is 0 Å². The minimum absolute atomic E-state index is 0.0554. The molecule has 4 nitrogen and oxygen atoms in total. The molecule has 0 aliphatic carbocycles. The molecular formula is C12H20F2N2O2. The van der Waals surface area contributed by atoms with Crippen molar-refractivity contribution in [2.45, 2.75) is 31.2 Å². The van der Waals surface area contributed by atoms with Crippen LogP contribution in [0.3, 0.4) is 0 Å². The van der Waals surface area contributed by atoms with Gasteiger partial charge in [-0.15, -0.1) is 0 Å². The summed E-state index contributed by atoms with van der Waals surface area (Å²) in [4.78, 5) is 13.2. The monoisotopic (exact) mass is 262 g/mol. The Morgan fingerprint density at radius 2 is 2.33 bits per heavy atom. The lowest BCUT2D eigenvalue weighted by Gasteiger charge is -2.31. The van der Waals surface area contributed by atoms with Gasteiger partial charge in [0.05, 0.1) is 19.6 Å². The molecule has 0 aromatic rings. The summed E-state index contributed by atoms with van der Waals surface area (Å²) in [6.07, 6.45) is 1.38. The smallest absolute Gasteiger partial charge is 0.308 e. The second-order valence-corrected chi connectivity index (χ2v) is 5.24. The first-order chi connectivity index (χ1) is 8.50. The molecule has 2 atom stereocenters. The predicted octanol–water partition coefficient (Wildman–Crippen LogP) is 0.869. The number of hydrogen-bond donors (Lipinski definition) is 1. The molecule has 0 aromatic carbocycles. The number of nitrogens with zero attached hydrogens (tertiary/aromatic N) is 1. The average Bonchev–Trinajstić information content (AvgIpc) is 2.68. The molecule has 2 rings (SSSR count). The topological polar surface area (TPSA) is 41.6 Å². The van der Waals surface area contributed by atoms with Gasteiger partial charge in [-0.3, -0.25) is 9.69 Å². The van der Waals surface area contributed by atoms with Gasteiger partial charge in [0, 0.05) is 25.6 Å². The maximum atomic E-state index is 13.1. The number of nitrogens with one attached hydrogen (secondary N) is 1. The first-order valence-corrected chi connectivity index (χ1v) is 6.41. The van der Waals surface area contributed by atoms with Crippen LogP contribution in [0.1, 0.15) is 19.3 Å². The van der Waals surface area contributed by atoms with E-state index in [0.29, 0.717) is 19.5 Å². The van der Waals surface area contributed by atoms with Crippen LogP contribution in [-0.2, 0) is 9.53 Å². The third kappa shape index (κ3) is 3.38. The standard InChI is InChI=1S/C12H20F2N2O2/c1-18-11(17)9-2-4-15-10(6-9)7-16-5-3-12(13,14)8-16/h9-10,15H,2-8H2,1H3/t9-,10-/m1/s1. The van der Waals surface area contributed by atoms with E-state index in [-0.39, 0.29) is 30.9 Å². The average molecular weight is 262 g/mol. The Hall–Kier alpha value is -0.750. The van der Waals surface area contributed by atoms with Crippen LogP contribution in [-0.4, -0.2) is 56.1 Å². The third-order valence-electron chi connectivity index (χ3n) is 3.76. The van der Waals surface area contributed by atoms with Crippen LogP contribution in [0.2, 0.25) is 0 Å². The summed E-state index contributed by atoms with van der Waals surface area (Å²) in [6.45, 7) is 1.61. The zero-order valence-corrected chi connectivity index (χ0v) is 10.6. The second-order valence-electron chi connectivity index (χ2n) is 5.24. The summed E-state index contributed by atoms with van der Waals surface area (Å²) in [5.41, 5.74) is 0. The van der Waals surface area contributed by atoms with Crippen molar-refractivity contribution < 1.29 is 18.3 Å². The third-order valence-corrected chi connectivity index (χ3v) is 3.76. The Kier molecular flexibility index (Phi) is 4.17. The van der Waals surface area contributed by atoms with Crippen LogP contribution in [0.5, 0.6) is 0 Å². The fraction of sp³-hybridized carbons (Fsp3) is 0.917. The molecule has 104 valence electrons. The Bertz CT molecular complexity index is 312. The predicted molar refractivity (Wildman–Crippen MR) is 62.5 cm³/mol. The van der Waals surface area contributed by atoms with E-state index in [1.807, 2.05) is 0 Å². The first-order valence-electron chi connectivity index (χ1n) is 6.41. The molecule has 2 heterocycles. The van der Waals surface area contributed by atoms with E-state index in [2.05, 4.69) is 5.32 Å². The Labute approximate surface area is 106 Å². The van der Waals surface area contributed by atoms with Gasteiger partial charge in [0.15, 0.2) is 0 Å². The number of carbonyl (C=O) groups excluding carboxylic acids is 1. The van der Waals surface area contributed by atoms with Gasteiger partial charge < -0.3 is 10.1 Å². The minimum Gasteiger partial charge on any atom is -0.469 e. The number of rotatable bonds is 3. The van der Waals surface area contributed by atoms with Crippen molar-refractivity contribution in [1.82, 2.24) is 10.2 Å². The van der Waals surface area contributed by atoms with Gasteiger partial charge in [-0.1, -0.05) is 0 Å². The number of halogens is 2. The van der Waals surface area contributed by atoms with Crippen LogP contribution in [0.25, 0.3) is 0 Å². The lowest BCUT2D eigenvalue weighted by atomic mass is 9.92. The van der Waals surface area contributed by atoms with Crippen molar-refractivity contribution in [3.63, 3.8) is 0 Å². The molecule has 18 heavy (non-hydrogen) atoms. The number of piperidine rings is 1. The zero-order valence-electron chi connectivity index (χ0n) is 10.6. The highest BCUT2D eigenvalue weighted by Gasteiger charge is 2.39. The lowest BCUT2D eigenvalue weighted by molar-refractivity contribution is -0.146. The van der Waals surface area contributed by atoms with Crippen molar-refractivity contribution in [3.8, 4) is 0 Å². The van der Waals surface area contributed by atoms with Crippen LogP contribution in [0, 0.1) is 5.92 Å². The van der Waals surface area contributed by atoms with Crippen LogP contribution in [0.4, 0.5) is 8.78 Å². The van der Waals surface area contributed by atoms with Gasteiger partial charge in [-0.05, 0) is 19.4 Å². The molecule has 0 radical (unpaired) electrons. The highest BCUT2D eigenvalue weighted by Crippen LogP contribution is 2.27. The number of carbonyl (C=O) groups is 1. The van der Waals surface area contributed by atoms with E-state index in [9.17, 15) is 13.6 Å². The number of esters is 1. The molecule has 2 saturated heterocycles. The highest BCUT2D eigenvalue weighted by atomic mass is 19.3. The molecule has 0 amide bonds. The van der Waals surface area contributed by atoms with Gasteiger partial charge in [0.25, 0.3) is 5.92 Å². The summed E-state index contributed by atoms with van der Waals surface area (Å²) in [7, 11) is 1.39. The number of alkyl halides is 2. The van der Waals surface area contributed by atoms with E-state index in [1.54, 1.807) is 4.90 Å². The number of hydrogen-bond acceptors (Lipinski definition) is 4. The zero-order chi connectivity index (χ0) is 13.2. The normalized spacial score (nSPS) is 32.4. The molecule has 0 aromatic heterocycles.